The van der Waals surface area contributed by atoms with Crippen LogP contribution in [0.1, 0.15) is 93.6 Å². The summed E-state index contributed by atoms with van der Waals surface area (Å²) in [6.45, 7) is 15.1. The molecule has 1 aliphatic rings. The van der Waals surface area contributed by atoms with Gasteiger partial charge in [-0.3, -0.25) is 4.79 Å². The number of hydrogen-bond acceptors (Lipinski definition) is 5. The van der Waals surface area contributed by atoms with Gasteiger partial charge in [0.15, 0.2) is 5.78 Å². The third kappa shape index (κ3) is 10.8. The third-order valence-corrected chi connectivity index (χ3v) is 5.25. The number of rotatable bonds is 9. The van der Waals surface area contributed by atoms with Crippen LogP contribution in [0, 0.1) is 6.92 Å². The van der Waals surface area contributed by atoms with Gasteiger partial charge in [-0.1, -0.05) is 56.7 Å². The van der Waals surface area contributed by atoms with Gasteiger partial charge in [-0.2, -0.15) is 10.2 Å². The highest BCUT2D eigenvalue weighted by Crippen LogP contribution is 2.18. The van der Waals surface area contributed by atoms with Crippen LogP contribution in [0.25, 0.3) is 6.08 Å². The van der Waals surface area contributed by atoms with E-state index in [2.05, 4.69) is 28.7 Å². The largest absolute Gasteiger partial charge is 0.386 e. The van der Waals surface area contributed by atoms with Crippen LogP contribution in [0.2, 0.25) is 0 Å². The minimum absolute atomic E-state index is 0.180. The van der Waals surface area contributed by atoms with E-state index >= 15 is 0 Å². The maximum absolute atomic E-state index is 12.3. The third-order valence-electron chi connectivity index (χ3n) is 5.25. The zero-order valence-corrected chi connectivity index (χ0v) is 19.8. The Morgan fingerprint density at radius 2 is 1.84 bits per heavy atom. The first-order chi connectivity index (χ1) is 14.7. The van der Waals surface area contributed by atoms with Crippen molar-refractivity contribution in [2.24, 2.45) is 15.9 Å². The lowest BCUT2D eigenvalue weighted by Gasteiger charge is -2.23. The lowest BCUT2D eigenvalue weighted by molar-refractivity contribution is 0.0980. The molecule has 1 aromatic carbocycles. The zero-order chi connectivity index (χ0) is 23.2. The second-order valence-electron chi connectivity index (χ2n) is 8.39. The van der Waals surface area contributed by atoms with Crippen LogP contribution in [0.15, 0.2) is 47.4 Å². The fourth-order valence-corrected chi connectivity index (χ4v) is 3.56. The summed E-state index contributed by atoms with van der Waals surface area (Å²) in [5, 5.41) is 11.3. The van der Waals surface area contributed by atoms with Gasteiger partial charge >= 0.3 is 0 Å². The minimum atomic E-state index is 0.180. The number of benzene rings is 1. The molecule has 1 saturated carbocycles. The molecule has 1 aliphatic carbocycles. The van der Waals surface area contributed by atoms with Crippen LogP contribution in [-0.2, 0) is 0 Å². The molecule has 0 aromatic heterocycles. The van der Waals surface area contributed by atoms with E-state index in [0.29, 0.717) is 18.3 Å². The summed E-state index contributed by atoms with van der Waals surface area (Å²) in [6.07, 6.45) is 10.5. The van der Waals surface area contributed by atoms with Crippen molar-refractivity contribution in [1.82, 2.24) is 5.32 Å². The van der Waals surface area contributed by atoms with E-state index in [1.165, 1.54) is 32.1 Å². The van der Waals surface area contributed by atoms with Crippen molar-refractivity contribution in [3.05, 3.63) is 53.9 Å². The highest BCUT2D eigenvalue weighted by molar-refractivity contribution is 5.98. The van der Waals surface area contributed by atoms with Gasteiger partial charge in [0.1, 0.15) is 0 Å². The van der Waals surface area contributed by atoms with E-state index < -0.39 is 0 Å². The molecule has 2 rings (SSSR count). The first-order valence-corrected chi connectivity index (χ1v) is 11.2. The molecule has 0 amide bonds. The van der Waals surface area contributed by atoms with E-state index in [4.69, 9.17) is 5.73 Å². The smallest absolute Gasteiger partial charge is 0.163 e. The van der Waals surface area contributed by atoms with E-state index in [9.17, 15) is 4.79 Å². The van der Waals surface area contributed by atoms with Gasteiger partial charge in [-0.25, -0.2) is 0 Å². The van der Waals surface area contributed by atoms with Crippen LogP contribution in [0.3, 0.4) is 0 Å². The van der Waals surface area contributed by atoms with Crippen LogP contribution >= 0.6 is 0 Å². The number of ketones is 1. The quantitative estimate of drug-likeness (QED) is 0.282. The molecule has 0 bridgehead atoms. The number of nitrogens with two attached hydrogens (primary N) is 1. The summed E-state index contributed by atoms with van der Waals surface area (Å²) in [5.74, 6) is 0.797. The maximum atomic E-state index is 12.3. The summed E-state index contributed by atoms with van der Waals surface area (Å²) < 4.78 is 0. The highest BCUT2D eigenvalue weighted by Gasteiger charge is 2.12. The molecular formula is C26H40N4O. The van der Waals surface area contributed by atoms with Gasteiger partial charge in [0.2, 0.25) is 0 Å². The Morgan fingerprint density at radius 3 is 2.42 bits per heavy atom. The first-order valence-electron chi connectivity index (χ1n) is 11.2. The van der Waals surface area contributed by atoms with Gasteiger partial charge in [0.25, 0.3) is 0 Å². The lowest BCUT2D eigenvalue weighted by Crippen LogP contribution is -2.32. The summed E-state index contributed by atoms with van der Waals surface area (Å²) in [6, 6.07) is 6.37. The number of nitrogens with zero attached hydrogens (tertiary/aromatic N) is 2. The van der Waals surface area contributed by atoms with Gasteiger partial charge < -0.3 is 11.1 Å². The number of carbonyl (C=O) groups is 1. The standard InChI is InChI=1S/C18H24N2O.C8H16N2/c1-6-16-10-8-11-17(15(16)5)18(21)12-7-9-14(4)20-19-13(2)3;1-7(9)10-8-5-3-2-4-6-8/h6,8,10-11H,1,7,9,12H2,2-5H3;8,10H,1-6,9H2/b20-14+;. The maximum Gasteiger partial charge on any atom is 0.163 e. The fourth-order valence-electron chi connectivity index (χ4n) is 3.56. The van der Waals surface area contributed by atoms with Crippen LogP contribution in [0.4, 0.5) is 0 Å². The molecular weight excluding hydrogens is 384 g/mol. The van der Waals surface area contributed by atoms with Crippen molar-refractivity contribution in [1.29, 1.82) is 0 Å². The first kappa shape index (κ1) is 26.3. The molecule has 170 valence electrons. The van der Waals surface area contributed by atoms with Crippen molar-refractivity contribution in [2.75, 3.05) is 0 Å². The Labute approximate surface area is 188 Å². The van der Waals surface area contributed by atoms with Crippen LogP contribution < -0.4 is 11.1 Å². The fraction of sp³-hybridized carbons (Fsp3) is 0.500. The monoisotopic (exact) mass is 424 g/mol. The molecule has 0 aliphatic heterocycles. The Kier molecular flexibility index (Phi) is 12.2. The van der Waals surface area contributed by atoms with E-state index in [-0.39, 0.29) is 5.78 Å². The summed E-state index contributed by atoms with van der Waals surface area (Å²) in [5.41, 5.74) is 10.1. The predicted molar refractivity (Wildman–Crippen MR) is 135 cm³/mol. The van der Waals surface area contributed by atoms with E-state index in [1.54, 1.807) is 6.08 Å². The summed E-state index contributed by atoms with van der Waals surface area (Å²) in [4.78, 5) is 12.3. The average molecular weight is 425 g/mol. The summed E-state index contributed by atoms with van der Waals surface area (Å²) >= 11 is 0. The molecule has 1 fully saturated rings. The Bertz CT molecular complexity index is 798. The van der Waals surface area contributed by atoms with Crippen molar-refractivity contribution in [2.45, 2.75) is 85.1 Å². The number of nitrogens with one attached hydrogen (secondary N) is 1. The van der Waals surface area contributed by atoms with E-state index in [0.717, 1.165) is 41.0 Å². The topological polar surface area (TPSA) is 79.8 Å². The minimum Gasteiger partial charge on any atom is -0.386 e. The van der Waals surface area contributed by atoms with Crippen molar-refractivity contribution < 1.29 is 4.79 Å². The number of hydrogen-bond donors (Lipinski definition) is 2. The normalized spacial score (nSPS) is 14.1. The molecule has 5 heteroatoms. The van der Waals surface area contributed by atoms with Crippen molar-refractivity contribution >= 4 is 23.3 Å². The Morgan fingerprint density at radius 1 is 1.16 bits per heavy atom. The molecule has 0 radical (unpaired) electrons. The second kappa shape index (κ2) is 14.3. The zero-order valence-electron chi connectivity index (χ0n) is 19.8. The van der Waals surface area contributed by atoms with Gasteiger partial charge in [0, 0.05) is 29.4 Å². The molecule has 0 atom stereocenters. The summed E-state index contributed by atoms with van der Waals surface area (Å²) in [7, 11) is 0. The second-order valence-corrected chi connectivity index (χ2v) is 8.39. The van der Waals surface area contributed by atoms with Crippen molar-refractivity contribution in [3.63, 3.8) is 0 Å². The number of Topliss-reactive ketones (excluding diaryl/α,β-unsaturated/α-hetero) is 1. The van der Waals surface area contributed by atoms with Gasteiger partial charge in [-0.05, 0) is 64.5 Å². The molecule has 5 nitrogen and oxygen atoms in total. The van der Waals surface area contributed by atoms with Crippen LogP contribution in [-0.4, -0.2) is 23.2 Å². The lowest BCUT2D eigenvalue weighted by atomic mass is 9.96. The number of carbonyl (C=O) groups excluding carboxylic acids is 1. The Hall–Kier alpha value is -2.69. The molecule has 1 aromatic rings. The molecule has 0 heterocycles. The SMILES string of the molecule is C=C(N)NC1CCCCC1.C=Cc1cccc(C(=O)CCC/C(C)=N/N=C(C)C)c1C. The Balaban J connectivity index is 0.000000399. The highest BCUT2D eigenvalue weighted by atomic mass is 16.1. The molecule has 31 heavy (non-hydrogen) atoms. The van der Waals surface area contributed by atoms with E-state index in [1.807, 2.05) is 45.9 Å². The van der Waals surface area contributed by atoms with Gasteiger partial charge in [-0.15, -0.1) is 0 Å². The molecule has 3 N–H and O–H groups in total. The van der Waals surface area contributed by atoms with Crippen molar-refractivity contribution in [3.8, 4) is 0 Å². The predicted octanol–water partition coefficient (Wildman–Crippen LogP) is 6.19. The average Bonchev–Trinajstić information content (AvgIpc) is 2.73. The molecule has 0 unspecified atom stereocenters. The van der Waals surface area contributed by atoms with Crippen LogP contribution in [0.5, 0.6) is 0 Å². The molecule has 0 saturated heterocycles. The van der Waals surface area contributed by atoms with Gasteiger partial charge in [0.05, 0.1) is 5.82 Å². The molecule has 0 spiro atoms.